The zero-order valence-corrected chi connectivity index (χ0v) is 16.5. The molecule has 1 aliphatic heterocycles. The molecule has 3 rings (SSSR count). The minimum absolute atomic E-state index is 0.178. The van der Waals surface area contributed by atoms with Crippen LogP contribution in [0.25, 0.3) is 0 Å². The highest BCUT2D eigenvalue weighted by Crippen LogP contribution is 2.29. The third kappa shape index (κ3) is 4.99. The molecule has 2 aromatic carbocycles. The molecule has 158 valence electrons. The van der Waals surface area contributed by atoms with E-state index in [-0.39, 0.29) is 30.3 Å². The van der Waals surface area contributed by atoms with Gasteiger partial charge in [0.15, 0.2) is 18.1 Å². The molecule has 1 amide bonds. The van der Waals surface area contributed by atoms with Gasteiger partial charge >= 0.3 is 11.9 Å². The largest absolute Gasteiger partial charge is 0.495 e. The van der Waals surface area contributed by atoms with Gasteiger partial charge in [-0.1, -0.05) is 12.1 Å². The van der Waals surface area contributed by atoms with Crippen LogP contribution in [0.15, 0.2) is 42.5 Å². The quantitative estimate of drug-likeness (QED) is 0.654. The highest BCUT2D eigenvalue weighted by Gasteiger charge is 2.30. The first-order chi connectivity index (χ1) is 14.5. The average Bonchev–Trinajstić information content (AvgIpc) is 3.16. The number of carbonyl (C=O) groups is 3. The number of rotatable bonds is 8. The van der Waals surface area contributed by atoms with E-state index >= 15 is 0 Å². The Morgan fingerprint density at radius 2 is 1.83 bits per heavy atom. The van der Waals surface area contributed by atoms with Crippen LogP contribution in [0.3, 0.4) is 0 Å². The second-order valence-corrected chi connectivity index (χ2v) is 6.25. The van der Waals surface area contributed by atoms with Crippen LogP contribution in [0, 0.1) is 0 Å². The minimum atomic E-state index is -0.905. The van der Waals surface area contributed by atoms with Crippen molar-refractivity contribution in [3.63, 3.8) is 0 Å². The van der Waals surface area contributed by atoms with Crippen LogP contribution in [0.4, 0.5) is 5.69 Å². The summed E-state index contributed by atoms with van der Waals surface area (Å²) < 4.78 is 25.9. The summed E-state index contributed by atoms with van der Waals surface area (Å²) >= 11 is 0. The van der Waals surface area contributed by atoms with Gasteiger partial charge < -0.3 is 29.0 Å². The van der Waals surface area contributed by atoms with E-state index in [1.165, 1.54) is 32.4 Å². The lowest BCUT2D eigenvalue weighted by Gasteiger charge is -2.14. The van der Waals surface area contributed by atoms with E-state index < -0.39 is 23.9 Å². The topological polar surface area (TPSA) is 109 Å². The number of cyclic esters (lactones) is 1. The monoisotopic (exact) mass is 415 g/mol. The lowest BCUT2D eigenvalue weighted by molar-refractivity contribution is -0.145. The fraction of sp³-hybridized carbons (Fsp3) is 0.286. The smallest absolute Gasteiger partial charge is 0.347 e. The molecule has 1 saturated heterocycles. The van der Waals surface area contributed by atoms with Crippen LogP contribution in [0.1, 0.15) is 16.8 Å². The second kappa shape index (κ2) is 9.64. The second-order valence-electron chi connectivity index (χ2n) is 6.25. The number of esters is 2. The molecule has 1 atom stereocenters. The number of hydrogen-bond acceptors (Lipinski definition) is 8. The summed E-state index contributed by atoms with van der Waals surface area (Å²) in [5, 5.41) is 2.70. The Labute approximate surface area is 172 Å². The van der Waals surface area contributed by atoms with E-state index in [1.807, 2.05) is 0 Å². The number of ether oxygens (including phenoxy) is 5. The van der Waals surface area contributed by atoms with Crippen LogP contribution in [-0.4, -0.2) is 51.4 Å². The zero-order valence-electron chi connectivity index (χ0n) is 16.5. The molecule has 30 heavy (non-hydrogen) atoms. The number of carbonyl (C=O) groups excluding carboxylic acids is 3. The van der Waals surface area contributed by atoms with Crippen molar-refractivity contribution < 1.29 is 38.1 Å². The van der Waals surface area contributed by atoms with E-state index in [9.17, 15) is 14.4 Å². The molecule has 1 N–H and O–H groups in total. The predicted molar refractivity (Wildman–Crippen MR) is 105 cm³/mol. The minimum Gasteiger partial charge on any atom is -0.495 e. The number of para-hydroxylation sites is 2. The normalized spacial score (nSPS) is 15.1. The van der Waals surface area contributed by atoms with Gasteiger partial charge in [-0.15, -0.1) is 0 Å². The van der Waals surface area contributed by atoms with Crippen LogP contribution >= 0.6 is 0 Å². The lowest BCUT2D eigenvalue weighted by atomic mass is 10.2. The maximum absolute atomic E-state index is 12.3. The van der Waals surface area contributed by atoms with Crippen molar-refractivity contribution in [2.75, 3.05) is 32.8 Å². The van der Waals surface area contributed by atoms with Crippen molar-refractivity contribution in [3.05, 3.63) is 48.0 Å². The molecular formula is C21H21NO8. The molecule has 2 aromatic rings. The Kier molecular flexibility index (Phi) is 6.74. The van der Waals surface area contributed by atoms with Gasteiger partial charge in [0.1, 0.15) is 5.75 Å². The van der Waals surface area contributed by atoms with E-state index in [0.717, 1.165) is 0 Å². The molecule has 1 fully saturated rings. The highest BCUT2D eigenvalue weighted by atomic mass is 16.6. The van der Waals surface area contributed by atoms with Gasteiger partial charge in [0.2, 0.25) is 6.10 Å². The SMILES string of the molecule is COc1ccccc1NC(=O)COc1ccc(C(=O)O[C@H]2CCOC2=O)cc1OC. The first-order valence-electron chi connectivity index (χ1n) is 9.13. The van der Waals surface area contributed by atoms with E-state index in [1.54, 1.807) is 24.3 Å². The Morgan fingerprint density at radius 3 is 2.53 bits per heavy atom. The molecule has 0 aliphatic carbocycles. The summed E-state index contributed by atoms with van der Waals surface area (Å²) in [6, 6.07) is 11.3. The van der Waals surface area contributed by atoms with Gasteiger partial charge in [-0.3, -0.25) is 4.79 Å². The third-order valence-electron chi connectivity index (χ3n) is 4.28. The lowest BCUT2D eigenvalue weighted by Crippen LogP contribution is -2.23. The summed E-state index contributed by atoms with van der Waals surface area (Å²) in [6.07, 6.45) is -0.581. The van der Waals surface area contributed by atoms with Crippen molar-refractivity contribution in [2.45, 2.75) is 12.5 Å². The molecule has 9 nitrogen and oxygen atoms in total. The summed E-state index contributed by atoms with van der Waals surface area (Å²) in [5.41, 5.74) is 0.696. The molecule has 0 radical (unpaired) electrons. The van der Waals surface area contributed by atoms with Crippen molar-refractivity contribution in [2.24, 2.45) is 0 Å². The molecule has 0 bridgehead atoms. The van der Waals surface area contributed by atoms with Crippen molar-refractivity contribution in [1.82, 2.24) is 0 Å². The Balaban J connectivity index is 1.61. The standard InChI is InChI=1S/C21H21NO8/c1-26-15-6-4-3-5-14(15)22-19(23)12-29-16-8-7-13(11-18(16)27-2)20(24)30-17-9-10-28-21(17)25/h3-8,11,17H,9-10,12H2,1-2H3,(H,22,23)/t17-/m0/s1. The van der Waals surface area contributed by atoms with Crippen molar-refractivity contribution >= 4 is 23.5 Å². The molecule has 0 spiro atoms. The molecule has 0 aromatic heterocycles. The van der Waals surface area contributed by atoms with Crippen LogP contribution < -0.4 is 19.5 Å². The van der Waals surface area contributed by atoms with Gasteiger partial charge in [0, 0.05) is 6.42 Å². The maximum atomic E-state index is 12.3. The number of nitrogens with one attached hydrogen (secondary N) is 1. The van der Waals surface area contributed by atoms with E-state index in [2.05, 4.69) is 5.32 Å². The Hall–Kier alpha value is -3.75. The van der Waals surface area contributed by atoms with Crippen molar-refractivity contribution in [1.29, 1.82) is 0 Å². The summed E-state index contributed by atoms with van der Waals surface area (Å²) in [4.78, 5) is 35.9. The molecule has 1 heterocycles. The number of methoxy groups -OCH3 is 2. The summed E-state index contributed by atoms with van der Waals surface area (Å²) in [6.45, 7) is -0.0596. The molecule has 9 heteroatoms. The van der Waals surface area contributed by atoms with Gasteiger partial charge in [-0.2, -0.15) is 0 Å². The van der Waals surface area contributed by atoms with Crippen LogP contribution in [0.5, 0.6) is 17.2 Å². The highest BCUT2D eigenvalue weighted by molar-refractivity contribution is 5.94. The molecule has 0 unspecified atom stereocenters. The predicted octanol–water partition coefficient (Wildman–Crippen LogP) is 2.19. The van der Waals surface area contributed by atoms with E-state index in [4.69, 9.17) is 23.7 Å². The van der Waals surface area contributed by atoms with Crippen LogP contribution in [-0.2, 0) is 19.1 Å². The van der Waals surface area contributed by atoms with E-state index in [0.29, 0.717) is 17.9 Å². The summed E-state index contributed by atoms with van der Waals surface area (Å²) in [5.74, 6) is -0.607. The van der Waals surface area contributed by atoms with Crippen LogP contribution in [0.2, 0.25) is 0 Å². The summed E-state index contributed by atoms with van der Waals surface area (Å²) in [7, 11) is 2.91. The van der Waals surface area contributed by atoms with Gasteiger partial charge in [-0.05, 0) is 30.3 Å². The number of amides is 1. The first-order valence-corrected chi connectivity index (χ1v) is 9.13. The first kappa shape index (κ1) is 21.0. The number of anilines is 1. The third-order valence-corrected chi connectivity index (χ3v) is 4.28. The fourth-order valence-electron chi connectivity index (χ4n) is 2.77. The van der Waals surface area contributed by atoms with Gasteiger partial charge in [0.25, 0.3) is 5.91 Å². The fourth-order valence-corrected chi connectivity index (χ4v) is 2.77. The van der Waals surface area contributed by atoms with Gasteiger partial charge in [-0.25, -0.2) is 9.59 Å². The van der Waals surface area contributed by atoms with Gasteiger partial charge in [0.05, 0.1) is 32.1 Å². The molecule has 1 aliphatic rings. The maximum Gasteiger partial charge on any atom is 0.347 e. The number of hydrogen-bond donors (Lipinski definition) is 1. The molecule has 0 saturated carbocycles. The Bertz CT molecular complexity index is 942. The molecular weight excluding hydrogens is 394 g/mol. The number of benzene rings is 2. The zero-order chi connectivity index (χ0) is 21.5. The Morgan fingerprint density at radius 1 is 1.07 bits per heavy atom. The van der Waals surface area contributed by atoms with Crippen molar-refractivity contribution in [3.8, 4) is 17.2 Å². The average molecular weight is 415 g/mol.